The second-order valence-electron chi connectivity index (χ2n) is 5.74. The van der Waals surface area contributed by atoms with Gasteiger partial charge in [-0.25, -0.2) is 9.78 Å². The zero-order valence-electron chi connectivity index (χ0n) is 15.0. The number of nitrogens with zero attached hydrogens (tertiary/aromatic N) is 2. The molecule has 27 heavy (non-hydrogen) atoms. The van der Waals surface area contributed by atoms with Gasteiger partial charge in [-0.15, -0.1) is 0 Å². The highest BCUT2D eigenvalue weighted by molar-refractivity contribution is 7.17. The molecule has 0 saturated heterocycles. The summed E-state index contributed by atoms with van der Waals surface area (Å²) in [6.07, 6.45) is 3.34. The predicted molar refractivity (Wildman–Crippen MR) is 104 cm³/mol. The Morgan fingerprint density at radius 3 is 2.93 bits per heavy atom. The summed E-state index contributed by atoms with van der Waals surface area (Å²) in [4.78, 5) is 28.9. The standard InChI is InChI=1S/C19H19N3O4S/c1-4-9-26-18(24)17-12(2)20-19(27-17)21-16(23)11-22-8-7-13-10-14(25-3)5-6-15(13)22/h4-8,10H,1,9,11H2,2-3H3,(H,20,21,23). The molecule has 0 unspecified atom stereocenters. The Bertz CT molecular complexity index is 1010. The van der Waals surface area contributed by atoms with Crippen molar-refractivity contribution >= 4 is 39.2 Å². The number of nitrogens with one attached hydrogen (secondary N) is 1. The number of hydrogen-bond donors (Lipinski definition) is 1. The molecule has 140 valence electrons. The number of carbonyl (C=O) groups is 2. The monoisotopic (exact) mass is 385 g/mol. The smallest absolute Gasteiger partial charge is 0.350 e. The number of thiazole rings is 1. The van der Waals surface area contributed by atoms with Crippen LogP contribution in [0.25, 0.3) is 10.9 Å². The van der Waals surface area contributed by atoms with E-state index in [9.17, 15) is 9.59 Å². The fourth-order valence-electron chi connectivity index (χ4n) is 2.60. The van der Waals surface area contributed by atoms with E-state index in [1.165, 1.54) is 6.08 Å². The average Bonchev–Trinajstić information content (AvgIpc) is 3.22. The van der Waals surface area contributed by atoms with Crippen molar-refractivity contribution in [3.8, 4) is 5.75 Å². The van der Waals surface area contributed by atoms with Crippen molar-refractivity contribution in [2.24, 2.45) is 0 Å². The third-order valence-electron chi connectivity index (χ3n) is 3.85. The van der Waals surface area contributed by atoms with Crippen LogP contribution in [0.5, 0.6) is 5.75 Å². The minimum atomic E-state index is -0.476. The third kappa shape index (κ3) is 4.17. The molecule has 0 atom stereocenters. The number of rotatable bonds is 7. The number of fused-ring (bicyclic) bond motifs is 1. The van der Waals surface area contributed by atoms with Crippen LogP contribution in [-0.2, 0) is 16.1 Å². The number of hydrogen-bond acceptors (Lipinski definition) is 6. The normalized spacial score (nSPS) is 10.6. The molecule has 8 heteroatoms. The van der Waals surface area contributed by atoms with Crippen LogP contribution < -0.4 is 10.1 Å². The molecule has 0 spiro atoms. The van der Waals surface area contributed by atoms with E-state index in [1.54, 1.807) is 14.0 Å². The molecule has 0 fully saturated rings. The van der Waals surface area contributed by atoms with Crippen LogP contribution in [0.1, 0.15) is 15.4 Å². The number of aryl methyl sites for hydroxylation is 1. The maximum absolute atomic E-state index is 12.4. The lowest BCUT2D eigenvalue weighted by Gasteiger charge is -2.06. The molecule has 1 amide bonds. The lowest BCUT2D eigenvalue weighted by atomic mass is 10.2. The molecule has 3 rings (SSSR count). The first-order valence-corrected chi connectivity index (χ1v) is 9.01. The summed E-state index contributed by atoms with van der Waals surface area (Å²) >= 11 is 1.09. The maximum Gasteiger partial charge on any atom is 0.350 e. The first-order chi connectivity index (χ1) is 13.0. The van der Waals surface area contributed by atoms with Crippen LogP contribution in [0.4, 0.5) is 5.13 Å². The predicted octanol–water partition coefficient (Wildman–Crippen LogP) is 3.40. The molecule has 0 aliphatic rings. The first kappa shape index (κ1) is 18.7. The van der Waals surface area contributed by atoms with E-state index in [0.717, 1.165) is 28.0 Å². The molecule has 0 aliphatic heterocycles. The second-order valence-corrected chi connectivity index (χ2v) is 6.74. The Labute approximate surface area is 160 Å². The molecule has 0 bridgehead atoms. The van der Waals surface area contributed by atoms with Crippen molar-refractivity contribution in [1.29, 1.82) is 0 Å². The highest BCUT2D eigenvalue weighted by Gasteiger charge is 2.18. The van der Waals surface area contributed by atoms with E-state index in [0.29, 0.717) is 15.7 Å². The molecule has 1 aromatic carbocycles. The Balaban J connectivity index is 1.69. The Morgan fingerprint density at radius 2 is 2.19 bits per heavy atom. The highest BCUT2D eigenvalue weighted by Crippen LogP contribution is 2.24. The Morgan fingerprint density at radius 1 is 1.37 bits per heavy atom. The number of anilines is 1. The van der Waals surface area contributed by atoms with E-state index in [4.69, 9.17) is 9.47 Å². The van der Waals surface area contributed by atoms with Gasteiger partial charge in [0, 0.05) is 17.1 Å². The zero-order valence-corrected chi connectivity index (χ0v) is 15.8. The summed E-state index contributed by atoms with van der Waals surface area (Å²) in [6.45, 7) is 5.46. The van der Waals surface area contributed by atoms with Gasteiger partial charge in [0.05, 0.1) is 12.8 Å². The van der Waals surface area contributed by atoms with E-state index in [-0.39, 0.29) is 19.1 Å². The van der Waals surface area contributed by atoms with Crippen LogP contribution in [0.2, 0.25) is 0 Å². The summed E-state index contributed by atoms with van der Waals surface area (Å²) in [7, 11) is 1.61. The van der Waals surface area contributed by atoms with Crippen LogP contribution in [0, 0.1) is 6.92 Å². The number of aromatic nitrogens is 2. The third-order valence-corrected chi connectivity index (χ3v) is 4.91. The molecule has 0 aliphatic carbocycles. The quantitative estimate of drug-likeness (QED) is 0.498. The van der Waals surface area contributed by atoms with Crippen molar-refractivity contribution in [2.45, 2.75) is 13.5 Å². The number of methoxy groups -OCH3 is 1. The molecule has 2 aromatic heterocycles. The molecule has 1 N–H and O–H groups in total. The molecule has 3 aromatic rings. The summed E-state index contributed by atoms with van der Waals surface area (Å²) in [5.41, 5.74) is 1.44. The largest absolute Gasteiger partial charge is 0.497 e. The Kier molecular flexibility index (Phi) is 5.56. The lowest BCUT2D eigenvalue weighted by molar-refractivity contribution is -0.116. The van der Waals surface area contributed by atoms with Gasteiger partial charge in [0.1, 0.15) is 23.8 Å². The fraction of sp³-hybridized carbons (Fsp3) is 0.211. The van der Waals surface area contributed by atoms with Gasteiger partial charge in [-0.1, -0.05) is 24.0 Å². The van der Waals surface area contributed by atoms with E-state index >= 15 is 0 Å². The molecular weight excluding hydrogens is 366 g/mol. The second kappa shape index (κ2) is 8.05. The van der Waals surface area contributed by atoms with Gasteiger partial charge < -0.3 is 19.4 Å². The summed E-state index contributed by atoms with van der Waals surface area (Å²) in [5.74, 6) is 0.0534. The summed E-state index contributed by atoms with van der Waals surface area (Å²) in [5, 5.41) is 4.08. The number of carbonyl (C=O) groups excluding carboxylic acids is 2. The zero-order chi connectivity index (χ0) is 19.4. The fourth-order valence-corrected chi connectivity index (χ4v) is 3.47. The van der Waals surface area contributed by atoms with Crippen molar-refractivity contribution in [1.82, 2.24) is 9.55 Å². The van der Waals surface area contributed by atoms with Gasteiger partial charge in [-0.3, -0.25) is 4.79 Å². The van der Waals surface area contributed by atoms with Crippen molar-refractivity contribution in [3.63, 3.8) is 0 Å². The SMILES string of the molecule is C=CCOC(=O)c1sc(NC(=O)Cn2ccc3cc(OC)ccc32)nc1C. The van der Waals surface area contributed by atoms with Gasteiger partial charge in [0.15, 0.2) is 5.13 Å². The summed E-state index contributed by atoms with van der Waals surface area (Å²) < 4.78 is 12.1. The first-order valence-electron chi connectivity index (χ1n) is 8.20. The minimum absolute atomic E-state index is 0.128. The lowest BCUT2D eigenvalue weighted by Crippen LogP contribution is -2.18. The van der Waals surface area contributed by atoms with E-state index in [1.807, 2.05) is 35.0 Å². The Hall–Kier alpha value is -3.13. The molecular formula is C19H19N3O4S. The van der Waals surface area contributed by atoms with E-state index in [2.05, 4.69) is 16.9 Å². The van der Waals surface area contributed by atoms with Crippen LogP contribution in [-0.4, -0.2) is 35.1 Å². The molecule has 0 saturated carbocycles. The van der Waals surface area contributed by atoms with Crippen LogP contribution in [0.3, 0.4) is 0 Å². The van der Waals surface area contributed by atoms with Gasteiger partial charge >= 0.3 is 5.97 Å². The summed E-state index contributed by atoms with van der Waals surface area (Å²) in [6, 6.07) is 7.59. The van der Waals surface area contributed by atoms with E-state index < -0.39 is 5.97 Å². The molecule has 7 nitrogen and oxygen atoms in total. The maximum atomic E-state index is 12.4. The molecule has 0 radical (unpaired) electrons. The van der Waals surface area contributed by atoms with Crippen molar-refractivity contribution in [3.05, 3.63) is 53.7 Å². The van der Waals surface area contributed by atoms with Gasteiger partial charge in [-0.2, -0.15) is 0 Å². The van der Waals surface area contributed by atoms with Crippen LogP contribution >= 0.6 is 11.3 Å². The highest BCUT2D eigenvalue weighted by atomic mass is 32.1. The van der Waals surface area contributed by atoms with Gasteiger partial charge in [0.25, 0.3) is 0 Å². The number of ether oxygens (including phenoxy) is 2. The number of benzene rings is 1. The number of amides is 1. The molecule has 2 heterocycles. The van der Waals surface area contributed by atoms with Gasteiger partial charge in [-0.05, 0) is 31.2 Å². The minimum Gasteiger partial charge on any atom is -0.497 e. The topological polar surface area (TPSA) is 82.5 Å². The van der Waals surface area contributed by atoms with Gasteiger partial charge in [0.2, 0.25) is 5.91 Å². The van der Waals surface area contributed by atoms with Crippen LogP contribution in [0.15, 0.2) is 43.1 Å². The number of esters is 1. The van der Waals surface area contributed by atoms with Crippen molar-refractivity contribution in [2.75, 3.05) is 19.0 Å². The average molecular weight is 385 g/mol. The van der Waals surface area contributed by atoms with Crippen molar-refractivity contribution < 1.29 is 19.1 Å².